The number of nitrogens with zero attached hydrogens (tertiary/aromatic N) is 2. The summed E-state index contributed by atoms with van der Waals surface area (Å²) in [6.07, 6.45) is 3.33. The van der Waals surface area contributed by atoms with Gasteiger partial charge in [-0.05, 0) is 55.3 Å². The maximum Gasteiger partial charge on any atom is 0.274 e. The van der Waals surface area contributed by atoms with Crippen molar-refractivity contribution in [2.75, 3.05) is 5.32 Å². The van der Waals surface area contributed by atoms with Crippen molar-refractivity contribution >= 4 is 17.5 Å². The standard InChI is InChI=1S/C21H20N4O2/c1-14-6-7-17(15(2)12-14)25-21(27)19-5-3-4-18(24-19)20(26)23-13-16-8-10-22-11-9-16/h3-12H,13H2,1-2H3,(H,23,26)(H,25,27). The van der Waals surface area contributed by atoms with Gasteiger partial charge in [0.25, 0.3) is 11.8 Å². The number of hydrogen-bond acceptors (Lipinski definition) is 4. The molecule has 6 heteroatoms. The predicted octanol–water partition coefficient (Wildman–Crippen LogP) is 3.28. The molecular weight excluding hydrogens is 340 g/mol. The maximum atomic E-state index is 12.5. The number of rotatable bonds is 5. The number of nitrogens with one attached hydrogen (secondary N) is 2. The number of anilines is 1. The molecule has 0 saturated heterocycles. The van der Waals surface area contributed by atoms with E-state index < -0.39 is 0 Å². The van der Waals surface area contributed by atoms with Crippen LogP contribution in [-0.4, -0.2) is 21.8 Å². The molecule has 0 unspecified atom stereocenters. The molecule has 3 rings (SSSR count). The van der Waals surface area contributed by atoms with E-state index in [1.54, 1.807) is 30.6 Å². The van der Waals surface area contributed by atoms with Crippen LogP contribution in [0.25, 0.3) is 0 Å². The Bertz CT molecular complexity index is 971. The lowest BCUT2D eigenvalue weighted by Crippen LogP contribution is -2.25. The second-order valence-electron chi connectivity index (χ2n) is 6.22. The molecule has 2 heterocycles. The molecule has 0 saturated carbocycles. The van der Waals surface area contributed by atoms with Crippen LogP contribution in [0.4, 0.5) is 5.69 Å². The van der Waals surface area contributed by atoms with E-state index in [2.05, 4.69) is 20.6 Å². The van der Waals surface area contributed by atoms with E-state index in [0.29, 0.717) is 6.54 Å². The summed E-state index contributed by atoms with van der Waals surface area (Å²) in [7, 11) is 0. The van der Waals surface area contributed by atoms with Crippen molar-refractivity contribution < 1.29 is 9.59 Å². The number of aryl methyl sites for hydroxylation is 2. The van der Waals surface area contributed by atoms with Crippen LogP contribution < -0.4 is 10.6 Å². The fourth-order valence-corrected chi connectivity index (χ4v) is 2.60. The van der Waals surface area contributed by atoms with Crippen LogP contribution >= 0.6 is 0 Å². The van der Waals surface area contributed by atoms with Gasteiger partial charge in [0.15, 0.2) is 0 Å². The van der Waals surface area contributed by atoms with Crippen molar-refractivity contribution in [1.29, 1.82) is 0 Å². The second-order valence-corrected chi connectivity index (χ2v) is 6.22. The average molecular weight is 360 g/mol. The van der Waals surface area contributed by atoms with Crippen LogP contribution in [-0.2, 0) is 6.54 Å². The molecule has 2 N–H and O–H groups in total. The number of carbonyl (C=O) groups excluding carboxylic acids is 2. The zero-order chi connectivity index (χ0) is 19.2. The first-order chi connectivity index (χ1) is 13.0. The molecule has 0 aliphatic carbocycles. The van der Waals surface area contributed by atoms with Crippen molar-refractivity contribution in [2.24, 2.45) is 0 Å². The quantitative estimate of drug-likeness (QED) is 0.731. The first kappa shape index (κ1) is 18.3. The number of amides is 2. The smallest absolute Gasteiger partial charge is 0.274 e. The van der Waals surface area contributed by atoms with Gasteiger partial charge < -0.3 is 10.6 Å². The molecule has 0 radical (unpaired) electrons. The zero-order valence-electron chi connectivity index (χ0n) is 15.2. The average Bonchev–Trinajstić information content (AvgIpc) is 2.69. The molecule has 0 aliphatic rings. The second kappa shape index (κ2) is 8.23. The molecule has 136 valence electrons. The highest BCUT2D eigenvalue weighted by Crippen LogP contribution is 2.17. The molecule has 0 bridgehead atoms. The summed E-state index contributed by atoms with van der Waals surface area (Å²) in [5.41, 5.74) is 4.12. The normalized spacial score (nSPS) is 10.3. The summed E-state index contributed by atoms with van der Waals surface area (Å²) in [5, 5.41) is 5.62. The Morgan fingerprint density at radius 1 is 0.926 bits per heavy atom. The molecular formula is C21H20N4O2. The summed E-state index contributed by atoms with van der Waals surface area (Å²) in [5.74, 6) is -0.696. The van der Waals surface area contributed by atoms with Crippen LogP contribution in [0.5, 0.6) is 0 Å². The van der Waals surface area contributed by atoms with Crippen molar-refractivity contribution in [3.63, 3.8) is 0 Å². The van der Waals surface area contributed by atoms with Gasteiger partial charge in [0, 0.05) is 24.6 Å². The zero-order valence-corrected chi connectivity index (χ0v) is 15.2. The van der Waals surface area contributed by atoms with Crippen LogP contribution in [0, 0.1) is 13.8 Å². The summed E-state index contributed by atoms with van der Waals surface area (Å²) in [4.78, 5) is 32.9. The topological polar surface area (TPSA) is 84.0 Å². The first-order valence-corrected chi connectivity index (χ1v) is 8.56. The highest BCUT2D eigenvalue weighted by Gasteiger charge is 2.13. The monoisotopic (exact) mass is 360 g/mol. The molecule has 0 aliphatic heterocycles. The summed E-state index contributed by atoms with van der Waals surface area (Å²) in [6.45, 7) is 4.29. The largest absolute Gasteiger partial charge is 0.347 e. The highest BCUT2D eigenvalue weighted by molar-refractivity contribution is 6.04. The third-order valence-electron chi connectivity index (χ3n) is 4.05. The fraction of sp³-hybridized carbons (Fsp3) is 0.143. The minimum atomic E-state index is -0.356. The Hall–Kier alpha value is -3.54. The van der Waals surface area contributed by atoms with Gasteiger partial charge in [-0.1, -0.05) is 23.8 Å². The minimum Gasteiger partial charge on any atom is -0.347 e. The molecule has 3 aromatic rings. The van der Waals surface area contributed by atoms with Gasteiger partial charge in [0.1, 0.15) is 11.4 Å². The van der Waals surface area contributed by atoms with E-state index in [9.17, 15) is 9.59 Å². The Morgan fingerprint density at radius 3 is 2.33 bits per heavy atom. The first-order valence-electron chi connectivity index (χ1n) is 8.56. The van der Waals surface area contributed by atoms with Gasteiger partial charge >= 0.3 is 0 Å². The molecule has 2 aromatic heterocycles. The maximum absolute atomic E-state index is 12.5. The van der Waals surface area contributed by atoms with E-state index >= 15 is 0 Å². The molecule has 2 amide bonds. The summed E-state index contributed by atoms with van der Waals surface area (Å²) >= 11 is 0. The van der Waals surface area contributed by atoms with Crippen LogP contribution in [0.15, 0.2) is 60.9 Å². The summed E-state index contributed by atoms with van der Waals surface area (Å²) in [6, 6.07) is 14.2. The number of hydrogen-bond donors (Lipinski definition) is 2. The van der Waals surface area contributed by atoms with Gasteiger partial charge in [0.05, 0.1) is 0 Å². The SMILES string of the molecule is Cc1ccc(NC(=O)c2cccc(C(=O)NCc3ccncc3)n2)c(C)c1. The Labute approximate surface area is 157 Å². The molecule has 6 nitrogen and oxygen atoms in total. The van der Waals surface area contributed by atoms with Crippen LogP contribution in [0.2, 0.25) is 0 Å². The molecule has 0 fully saturated rings. The lowest BCUT2D eigenvalue weighted by molar-refractivity contribution is 0.0945. The number of carbonyl (C=O) groups is 2. The Balaban J connectivity index is 1.68. The van der Waals surface area contributed by atoms with Gasteiger partial charge in [-0.2, -0.15) is 0 Å². The lowest BCUT2D eigenvalue weighted by Gasteiger charge is -2.10. The Morgan fingerprint density at radius 2 is 1.63 bits per heavy atom. The van der Waals surface area contributed by atoms with Gasteiger partial charge in [-0.25, -0.2) is 4.98 Å². The molecule has 27 heavy (non-hydrogen) atoms. The summed E-state index contributed by atoms with van der Waals surface area (Å²) < 4.78 is 0. The molecule has 0 spiro atoms. The third kappa shape index (κ3) is 4.76. The van der Waals surface area contributed by atoms with Gasteiger partial charge in [-0.15, -0.1) is 0 Å². The number of pyridine rings is 2. The van der Waals surface area contributed by atoms with Crippen molar-refractivity contribution in [2.45, 2.75) is 20.4 Å². The van der Waals surface area contributed by atoms with Crippen LogP contribution in [0.3, 0.4) is 0 Å². The minimum absolute atomic E-state index is 0.187. The van der Waals surface area contributed by atoms with E-state index in [-0.39, 0.29) is 23.2 Å². The van der Waals surface area contributed by atoms with E-state index in [1.807, 2.05) is 44.2 Å². The van der Waals surface area contributed by atoms with E-state index in [0.717, 1.165) is 22.4 Å². The van der Waals surface area contributed by atoms with E-state index in [4.69, 9.17) is 0 Å². The van der Waals surface area contributed by atoms with Crippen LogP contribution in [0.1, 0.15) is 37.7 Å². The van der Waals surface area contributed by atoms with E-state index in [1.165, 1.54) is 0 Å². The fourth-order valence-electron chi connectivity index (χ4n) is 2.60. The number of benzene rings is 1. The molecule has 1 aromatic carbocycles. The number of aromatic nitrogens is 2. The lowest BCUT2D eigenvalue weighted by atomic mass is 10.1. The Kier molecular flexibility index (Phi) is 5.56. The predicted molar refractivity (Wildman–Crippen MR) is 104 cm³/mol. The highest BCUT2D eigenvalue weighted by atomic mass is 16.2. The van der Waals surface area contributed by atoms with Gasteiger partial charge in [-0.3, -0.25) is 14.6 Å². The van der Waals surface area contributed by atoms with Crippen molar-refractivity contribution in [1.82, 2.24) is 15.3 Å². The van der Waals surface area contributed by atoms with Crippen molar-refractivity contribution in [3.05, 3.63) is 89.0 Å². The van der Waals surface area contributed by atoms with Crippen molar-refractivity contribution in [3.8, 4) is 0 Å². The third-order valence-corrected chi connectivity index (χ3v) is 4.05. The molecule has 0 atom stereocenters. The van der Waals surface area contributed by atoms with Gasteiger partial charge in [0.2, 0.25) is 0 Å².